The third-order valence-electron chi connectivity index (χ3n) is 3.70. The number of benzene rings is 1. The number of hydrogen-bond acceptors (Lipinski definition) is 3. The monoisotopic (exact) mass is 335 g/mol. The predicted octanol–water partition coefficient (Wildman–Crippen LogP) is 1.42. The molecule has 1 aromatic carbocycles. The smallest absolute Gasteiger partial charge is 0.253 e. The molecule has 0 atom stereocenters. The Labute approximate surface area is 136 Å². The summed E-state index contributed by atoms with van der Waals surface area (Å²) in [5.41, 5.74) is 4.40. The van der Waals surface area contributed by atoms with Gasteiger partial charge in [-0.05, 0) is 38.5 Å². The molecule has 0 fully saturated rings. The van der Waals surface area contributed by atoms with Crippen LogP contribution in [0.25, 0.3) is 5.69 Å². The number of para-hydroxylation sites is 1. The second kappa shape index (κ2) is 6.55. The van der Waals surface area contributed by atoms with Crippen LogP contribution in [0, 0.1) is 20.8 Å². The fraction of sp³-hybridized carbons (Fsp3) is 0.312. The molecule has 0 aliphatic heterocycles. The van der Waals surface area contributed by atoms with E-state index in [1.54, 1.807) is 6.07 Å². The normalized spacial score (nSPS) is 11.5. The Bertz CT molecular complexity index is 838. The van der Waals surface area contributed by atoms with Crippen molar-refractivity contribution >= 4 is 15.9 Å². The van der Waals surface area contributed by atoms with Gasteiger partial charge in [-0.2, -0.15) is 0 Å². The molecule has 1 heterocycles. The largest absolute Gasteiger partial charge is 0.351 e. The molecule has 0 spiro atoms. The maximum atomic E-state index is 12.3. The van der Waals surface area contributed by atoms with E-state index in [2.05, 4.69) is 5.32 Å². The highest BCUT2D eigenvalue weighted by Gasteiger charge is 2.17. The molecule has 1 aromatic heterocycles. The van der Waals surface area contributed by atoms with Crippen molar-refractivity contribution < 1.29 is 13.2 Å². The van der Waals surface area contributed by atoms with Crippen LogP contribution in [-0.2, 0) is 10.0 Å². The van der Waals surface area contributed by atoms with Crippen LogP contribution in [0.1, 0.15) is 27.3 Å². The van der Waals surface area contributed by atoms with E-state index in [0.29, 0.717) is 5.56 Å². The van der Waals surface area contributed by atoms with Crippen LogP contribution in [0.4, 0.5) is 0 Å². The topological polar surface area (TPSA) is 94.2 Å². The van der Waals surface area contributed by atoms with E-state index in [1.807, 2.05) is 49.6 Å². The number of amides is 1. The molecule has 0 saturated heterocycles. The van der Waals surface area contributed by atoms with E-state index in [-0.39, 0.29) is 18.2 Å². The van der Waals surface area contributed by atoms with Crippen molar-refractivity contribution in [3.63, 3.8) is 0 Å². The van der Waals surface area contributed by atoms with Gasteiger partial charge < -0.3 is 9.88 Å². The zero-order chi connectivity index (χ0) is 17.2. The number of carbonyl (C=O) groups excluding carboxylic acids is 1. The van der Waals surface area contributed by atoms with Gasteiger partial charge in [0.15, 0.2) is 0 Å². The van der Waals surface area contributed by atoms with Crippen LogP contribution in [0.15, 0.2) is 30.3 Å². The van der Waals surface area contributed by atoms with Gasteiger partial charge in [-0.1, -0.05) is 18.2 Å². The third kappa shape index (κ3) is 4.00. The summed E-state index contributed by atoms with van der Waals surface area (Å²) in [6, 6.07) is 9.73. The Balaban J connectivity index is 2.28. The third-order valence-corrected chi connectivity index (χ3v) is 4.48. The van der Waals surface area contributed by atoms with Crippen molar-refractivity contribution in [2.75, 3.05) is 12.3 Å². The van der Waals surface area contributed by atoms with E-state index >= 15 is 0 Å². The summed E-state index contributed by atoms with van der Waals surface area (Å²) in [5.74, 6) is -0.587. The molecule has 0 radical (unpaired) electrons. The zero-order valence-corrected chi connectivity index (χ0v) is 14.3. The summed E-state index contributed by atoms with van der Waals surface area (Å²) in [4.78, 5) is 12.3. The molecule has 0 aliphatic rings. The van der Waals surface area contributed by atoms with Crippen molar-refractivity contribution in [3.05, 3.63) is 52.8 Å². The van der Waals surface area contributed by atoms with Crippen molar-refractivity contribution in [2.24, 2.45) is 5.14 Å². The van der Waals surface area contributed by atoms with Gasteiger partial charge >= 0.3 is 0 Å². The van der Waals surface area contributed by atoms with Gasteiger partial charge in [-0.15, -0.1) is 0 Å². The molecule has 0 aliphatic carbocycles. The van der Waals surface area contributed by atoms with Gasteiger partial charge in [0.25, 0.3) is 5.91 Å². The minimum absolute atomic E-state index is 0.00824. The summed E-state index contributed by atoms with van der Waals surface area (Å²) in [6.07, 6.45) is 0. The number of nitrogens with zero attached hydrogens (tertiary/aromatic N) is 1. The minimum Gasteiger partial charge on any atom is -0.351 e. The quantitative estimate of drug-likeness (QED) is 0.865. The Hall–Kier alpha value is -2.12. The molecule has 0 saturated carbocycles. The van der Waals surface area contributed by atoms with E-state index in [9.17, 15) is 13.2 Å². The number of nitrogens with two attached hydrogens (primary N) is 1. The van der Waals surface area contributed by atoms with Gasteiger partial charge in [-0.25, -0.2) is 13.6 Å². The summed E-state index contributed by atoms with van der Waals surface area (Å²) in [6.45, 7) is 5.81. The Kier molecular flexibility index (Phi) is 4.91. The highest BCUT2D eigenvalue weighted by molar-refractivity contribution is 7.89. The van der Waals surface area contributed by atoms with Crippen LogP contribution in [0.2, 0.25) is 0 Å². The first-order valence-electron chi connectivity index (χ1n) is 7.24. The van der Waals surface area contributed by atoms with Crippen molar-refractivity contribution in [1.29, 1.82) is 0 Å². The summed E-state index contributed by atoms with van der Waals surface area (Å²) < 4.78 is 23.9. The van der Waals surface area contributed by atoms with Crippen molar-refractivity contribution in [1.82, 2.24) is 9.88 Å². The number of aromatic nitrogens is 1. The lowest BCUT2D eigenvalue weighted by Gasteiger charge is -2.12. The Morgan fingerprint density at radius 1 is 1.22 bits per heavy atom. The Morgan fingerprint density at radius 2 is 1.87 bits per heavy atom. The fourth-order valence-electron chi connectivity index (χ4n) is 2.58. The average Bonchev–Trinajstić information content (AvgIpc) is 2.73. The molecule has 7 heteroatoms. The molecule has 6 nitrogen and oxygen atoms in total. The lowest BCUT2D eigenvalue weighted by atomic mass is 10.2. The van der Waals surface area contributed by atoms with E-state index < -0.39 is 10.0 Å². The first kappa shape index (κ1) is 17.2. The van der Waals surface area contributed by atoms with Crippen molar-refractivity contribution in [3.8, 4) is 5.69 Å². The number of carbonyl (C=O) groups is 1. The lowest BCUT2D eigenvalue weighted by molar-refractivity contribution is 0.0955. The van der Waals surface area contributed by atoms with Gasteiger partial charge in [-0.3, -0.25) is 4.79 Å². The van der Waals surface area contributed by atoms with Crippen LogP contribution in [0.3, 0.4) is 0 Å². The molecule has 1 amide bonds. The molecular formula is C16H21N3O3S. The number of primary sulfonamides is 1. The van der Waals surface area contributed by atoms with Crippen LogP contribution in [-0.4, -0.2) is 31.2 Å². The van der Waals surface area contributed by atoms with Crippen LogP contribution >= 0.6 is 0 Å². The first-order valence-corrected chi connectivity index (χ1v) is 8.96. The predicted molar refractivity (Wildman–Crippen MR) is 90.3 cm³/mol. The van der Waals surface area contributed by atoms with E-state index in [0.717, 1.165) is 22.6 Å². The van der Waals surface area contributed by atoms with E-state index in [4.69, 9.17) is 5.14 Å². The standard InChI is InChI=1S/C16H21N3O3S/c1-11-6-4-5-7-15(11)19-12(2)10-14(13(19)3)16(20)18-8-9-23(17,21)22/h4-7,10H,8-9H2,1-3H3,(H,18,20)(H2,17,21,22). The summed E-state index contributed by atoms with van der Waals surface area (Å²) in [7, 11) is -3.58. The lowest BCUT2D eigenvalue weighted by Crippen LogP contribution is -2.31. The van der Waals surface area contributed by atoms with Crippen LogP contribution < -0.4 is 10.5 Å². The first-order chi connectivity index (χ1) is 10.7. The van der Waals surface area contributed by atoms with Gasteiger partial charge in [0, 0.05) is 23.6 Å². The molecule has 2 rings (SSSR count). The van der Waals surface area contributed by atoms with Crippen LogP contribution in [0.5, 0.6) is 0 Å². The molecule has 0 bridgehead atoms. The number of aryl methyl sites for hydroxylation is 2. The number of rotatable bonds is 5. The molecule has 2 aromatic rings. The maximum absolute atomic E-state index is 12.3. The van der Waals surface area contributed by atoms with Gasteiger partial charge in [0.2, 0.25) is 10.0 Å². The van der Waals surface area contributed by atoms with Crippen molar-refractivity contribution in [2.45, 2.75) is 20.8 Å². The van der Waals surface area contributed by atoms with E-state index in [1.165, 1.54) is 0 Å². The zero-order valence-electron chi connectivity index (χ0n) is 13.5. The second-order valence-electron chi connectivity index (χ2n) is 5.53. The summed E-state index contributed by atoms with van der Waals surface area (Å²) in [5, 5.41) is 7.52. The maximum Gasteiger partial charge on any atom is 0.253 e. The summed E-state index contributed by atoms with van der Waals surface area (Å²) >= 11 is 0. The molecule has 23 heavy (non-hydrogen) atoms. The molecule has 0 unspecified atom stereocenters. The van der Waals surface area contributed by atoms with Gasteiger partial charge in [0.1, 0.15) is 0 Å². The van der Waals surface area contributed by atoms with Gasteiger partial charge in [0.05, 0.1) is 11.3 Å². The highest BCUT2D eigenvalue weighted by Crippen LogP contribution is 2.23. The minimum atomic E-state index is -3.58. The number of sulfonamides is 1. The second-order valence-corrected chi connectivity index (χ2v) is 7.26. The Morgan fingerprint density at radius 3 is 2.48 bits per heavy atom. The molecule has 124 valence electrons. The molecule has 3 N–H and O–H groups in total. The molecular weight excluding hydrogens is 314 g/mol. The number of nitrogens with one attached hydrogen (secondary N) is 1. The average molecular weight is 335 g/mol. The number of hydrogen-bond donors (Lipinski definition) is 2. The fourth-order valence-corrected chi connectivity index (χ4v) is 2.97. The highest BCUT2D eigenvalue weighted by atomic mass is 32.2. The SMILES string of the molecule is Cc1ccccc1-n1c(C)cc(C(=O)NCCS(N)(=O)=O)c1C.